The number of piperidine rings is 3. The summed E-state index contributed by atoms with van der Waals surface area (Å²) in [5.41, 5.74) is 1.44. The standard InChI is InChI=1S/C26H43N5O.HI/c1-2-27-26(28-14-7-15-29-17-11-24(32)12-18-29)31-19-13-25-23(21-31)10-6-16-30(25)20-22-8-4-3-5-9-22;/h3-5,8-9,23-25,32H,2,6-7,10-21H2,1H3,(H,27,28);1H. The zero-order valence-electron chi connectivity index (χ0n) is 20.4. The zero-order valence-corrected chi connectivity index (χ0v) is 22.7. The molecule has 3 aliphatic heterocycles. The van der Waals surface area contributed by atoms with E-state index in [0.29, 0.717) is 6.04 Å². The van der Waals surface area contributed by atoms with Crippen LogP contribution in [0.3, 0.4) is 0 Å². The number of guanidine groups is 1. The first-order valence-corrected chi connectivity index (χ1v) is 12.9. The second-order valence-electron chi connectivity index (χ2n) is 9.82. The van der Waals surface area contributed by atoms with Crippen molar-refractivity contribution in [3.8, 4) is 0 Å². The van der Waals surface area contributed by atoms with Crippen LogP contribution < -0.4 is 5.32 Å². The second kappa shape index (κ2) is 13.9. The van der Waals surface area contributed by atoms with Gasteiger partial charge in [0, 0.05) is 51.9 Å². The molecule has 7 heteroatoms. The van der Waals surface area contributed by atoms with Gasteiger partial charge in [0.2, 0.25) is 0 Å². The van der Waals surface area contributed by atoms with Crippen molar-refractivity contribution in [2.75, 3.05) is 52.4 Å². The minimum atomic E-state index is -0.0871. The van der Waals surface area contributed by atoms with Crippen LogP contribution in [0, 0.1) is 5.92 Å². The fourth-order valence-corrected chi connectivity index (χ4v) is 5.76. The number of hydrogen-bond acceptors (Lipinski definition) is 4. The van der Waals surface area contributed by atoms with E-state index in [1.807, 2.05) is 0 Å². The molecule has 2 N–H and O–H groups in total. The molecule has 0 aliphatic carbocycles. The molecule has 33 heavy (non-hydrogen) atoms. The second-order valence-corrected chi connectivity index (χ2v) is 9.82. The number of fused-ring (bicyclic) bond motifs is 1. The van der Waals surface area contributed by atoms with Gasteiger partial charge in [0.15, 0.2) is 5.96 Å². The molecule has 0 bridgehead atoms. The monoisotopic (exact) mass is 569 g/mol. The van der Waals surface area contributed by atoms with Gasteiger partial charge in [-0.3, -0.25) is 9.89 Å². The first-order valence-electron chi connectivity index (χ1n) is 12.9. The molecule has 0 radical (unpaired) electrons. The first kappa shape index (κ1) is 26.7. The highest BCUT2D eigenvalue weighted by Crippen LogP contribution is 2.31. The highest BCUT2D eigenvalue weighted by molar-refractivity contribution is 14.0. The predicted molar refractivity (Wildman–Crippen MR) is 147 cm³/mol. The van der Waals surface area contributed by atoms with Gasteiger partial charge in [-0.15, -0.1) is 24.0 Å². The van der Waals surface area contributed by atoms with E-state index in [4.69, 9.17) is 4.99 Å². The summed E-state index contributed by atoms with van der Waals surface area (Å²) in [6.45, 7) is 11.7. The largest absolute Gasteiger partial charge is 0.393 e. The molecular weight excluding hydrogens is 525 g/mol. The van der Waals surface area contributed by atoms with E-state index in [2.05, 4.69) is 57.3 Å². The third kappa shape index (κ3) is 7.80. The smallest absolute Gasteiger partial charge is 0.193 e. The number of likely N-dealkylation sites (tertiary alicyclic amines) is 3. The lowest BCUT2D eigenvalue weighted by atomic mass is 9.83. The molecule has 3 aliphatic rings. The van der Waals surface area contributed by atoms with Crippen molar-refractivity contribution >= 4 is 29.9 Å². The van der Waals surface area contributed by atoms with E-state index in [0.717, 1.165) is 83.5 Å². The Balaban J connectivity index is 0.00000306. The third-order valence-electron chi connectivity index (χ3n) is 7.50. The molecule has 1 aromatic carbocycles. The van der Waals surface area contributed by atoms with Crippen LogP contribution in [0.4, 0.5) is 0 Å². The minimum absolute atomic E-state index is 0. The summed E-state index contributed by atoms with van der Waals surface area (Å²) in [4.78, 5) is 12.7. The number of benzene rings is 1. The van der Waals surface area contributed by atoms with Gasteiger partial charge in [-0.25, -0.2) is 0 Å². The van der Waals surface area contributed by atoms with Gasteiger partial charge in [-0.2, -0.15) is 0 Å². The Morgan fingerprint density at radius 2 is 1.85 bits per heavy atom. The maximum atomic E-state index is 9.68. The lowest BCUT2D eigenvalue weighted by molar-refractivity contribution is 0.0372. The quantitative estimate of drug-likeness (QED) is 0.228. The van der Waals surface area contributed by atoms with Crippen LogP contribution in [0.2, 0.25) is 0 Å². The van der Waals surface area contributed by atoms with E-state index < -0.39 is 0 Å². The summed E-state index contributed by atoms with van der Waals surface area (Å²) in [7, 11) is 0. The molecule has 186 valence electrons. The molecule has 1 aromatic rings. The maximum absolute atomic E-state index is 9.68. The van der Waals surface area contributed by atoms with Crippen molar-refractivity contribution in [2.24, 2.45) is 10.9 Å². The Hall–Kier alpha value is -0.900. The summed E-state index contributed by atoms with van der Waals surface area (Å²) in [5.74, 6) is 1.85. The number of rotatable bonds is 7. The summed E-state index contributed by atoms with van der Waals surface area (Å²) < 4.78 is 0. The van der Waals surface area contributed by atoms with E-state index in [9.17, 15) is 5.11 Å². The van der Waals surface area contributed by atoms with Crippen LogP contribution in [0.15, 0.2) is 35.3 Å². The molecule has 0 aromatic heterocycles. The van der Waals surface area contributed by atoms with Gasteiger partial charge in [-0.1, -0.05) is 30.3 Å². The van der Waals surface area contributed by atoms with Crippen molar-refractivity contribution in [1.82, 2.24) is 20.0 Å². The Morgan fingerprint density at radius 1 is 1.06 bits per heavy atom. The normalized spacial score (nSPS) is 25.4. The number of aliphatic hydroxyl groups excluding tert-OH is 1. The number of aliphatic imine (C=N–C) groups is 1. The van der Waals surface area contributed by atoms with Gasteiger partial charge in [-0.05, 0) is 70.0 Å². The van der Waals surface area contributed by atoms with Crippen LogP contribution >= 0.6 is 24.0 Å². The zero-order chi connectivity index (χ0) is 22.2. The fourth-order valence-electron chi connectivity index (χ4n) is 5.76. The summed E-state index contributed by atoms with van der Waals surface area (Å²) >= 11 is 0. The van der Waals surface area contributed by atoms with Crippen molar-refractivity contribution in [2.45, 2.75) is 64.1 Å². The van der Waals surface area contributed by atoms with E-state index in [-0.39, 0.29) is 30.1 Å². The van der Waals surface area contributed by atoms with Crippen molar-refractivity contribution in [1.29, 1.82) is 0 Å². The molecule has 3 heterocycles. The van der Waals surface area contributed by atoms with Gasteiger partial charge >= 0.3 is 0 Å². The number of aliphatic hydroxyl groups is 1. The molecule has 4 rings (SSSR count). The summed E-state index contributed by atoms with van der Waals surface area (Å²) in [6, 6.07) is 11.7. The average Bonchev–Trinajstić information content (AvgIpc) is 2.83. The van der Waals surface area contributed by atoms with Crippen LogP contribution in [0.25, 0.3) is 0 Å². The maximum Gasteiger partial charge on any atom is 0.193 e. The highest BCUT2D eigenvalue weighted by atomic mass is 127. The molecular formula is C26H44IN5O. The van der Waals surface area contributed by atoms with Crippen LogP contribution in [-0.2, 0) is 6.54 Å². The van der Waals surface area contributed by atoms with Gasteiger partial charge in [0.25, 0.3) is 0 Å². The Morgan fingerprint density at radius 3 is 2.61 bits per heavy atom. The number of hydrogen-bond donors (Lipinski definition) is 2. The topological polar surface area (TPSA) is 54.3 Å². The first-order chi connectivity index (χ1) is 15.7. The van der Waals surface area contributed by atoms with Crippen molar-refractivity contribution < 1.29 is 5.11 Å². The molecule has 2 atom stereocenters. The van der Waals surface area contributed by atoms with Gasteiger partial charge in [0.1, 0.15) is 0 Å². The molecule has 2 unspecified atom stereocenters. The highest BCUT2D eigenvalue weighted by Gasteiger charge is 2.36. The van der Waals surface area contributed by atoms with E-state index in [1.54, 1.807) is 0 Å². The minimum Gasteiger partial charge on any atom is -0.393 e. The van der Waals surface area contributed by atoms with Crippen molar-refractivity contribution in [3.05, 3.63) is 35.9 Å². The van der Waals surface area contributed by atoms with Gasteiger partial charge in [0.05, 0.1) is 6.10 Å². The van der Waals surface area contributed by atoms with Crippen LogP contribution in [0.5, 0.6) is 0 Å². The van der Waals surface area contributed by atoms with Crippen LogP contribution in [0.1, 0.15) is 51.0 Å². The number of halogens is 1. The fraction of sp³-hybridized carbons (Fsp3) is 0.731. The molecule has 3 fully saturated rings. The molecule has 3 saturated heterocycles. The Kier molecular flexibility index (Phi) is 11.2. The average molecular weight is 570 g/mol. The Bertz CT molecular complexity index is 710. The van der Waals surface area contributed by atoms with E-state index in [1.165, 1.54) is 31.4 Å². The number of nitrogens with zero attached hydrogens (tertiary/aromatic N) is 4. The lowest BCUT2D eigenvalue weighted by Crippen LogP contribution is -2.56. The number of nitrogens with one attached hydrogen (secondary N) is 1. The van der Waals surface area contributed by atoms with Gasteiger partial charge < -0.3 is 20.2 Å². The predicted octanol–water partition coefficient (Wildman–Crippen LogP) is 3.40. The summed E-state index contributed by atoms with van der Waals surface area (Å²) in [6.07, 6.45) is 6.73. The van der Waals surface area contributed by atoms with Crippen LogP contribution in [-0.4, -0.2) is 90.3 Å². The Labute approximate surface area is 217 Å². The lowest BCUT2D eigenvalue weighted by Gasteiger charge is -2.48. The van der Waals surface area contributed by atoms with E-state index >= 15 is 0 Å². The molecule has 0 amide bonds. The molecule has 6 nitrogen and oxygen atoms in total. The summed E-state index contributed by atoms with van der Waals surface area (Å²) in [5, 5.41) is 13.2. The third-order valence-corrected chi connectivity index (χ3v) is 7.50. The molecule has 0 saturated carbocycles. The molecule has 0 spiro atoms. The van der Waals surface area contributed by atoms with Crippen molar-refractivity contribution in [3.63, 3.8) is 0 Å². The SMILES string of the molecule is CCNC(=NCCCN1CCC(O)CC1)N1CCC2C(CCCN2Cc2ccccc2)C1.I.